The molecule has 3 aromatic rings. The van der Waals surface area contributed by atoms with E-state index in [1.807, 2.05) is 0 Å². The summed E-state index contributed by atoms with van der Waals surface area (Å²) in [6, 6.07) is 10.8. The van der Waals surface area contributed by atoms with E-state index in [4.69, 9.17) is 0 Å². The molecule has 0 saturated heterocycles. The maximum Gasteiger partial charge on any atom is 0.354 e. The second-order valence-electron chi connectivity index (χ2n) is 5.37. The van der Waals surface area contributed by atoms with E-state index in [1.165, 1.54) is 31.1 Å². The molecule has 0 fully saturated rings. The number of fused-ring (bicyclic) bond motifs is 1. The fraction of sp³-hybridized carbons (Fsp3) is 0.111. The Kier molecular flexibility index (Phi) is 5.11. The minimum atomic E-state index is -0.726. The molecule has 0 unspecified atom stereocenters. The molecule has 2 aromatic carbocycles. The molecule has 138 valence electrons. The predicted octanol–water partition coefficient (Wildman–Crippen LogP) is 2.20. The first-order valence-electron chi connectivity index (χ1n) is 7.78. The topological polar surface area (TPSA) is 95.3 Å². The number of aromatic nitrogens is 3. The molecular weight excluding hydrogens is 355 g/mol. The molecule has 0 saturated carbocycles. The van der Waals surface area contributed by atoms with Gasteiger partial charge in [-0.15, -0.1) is 10.2 Å². The average Bonchev–Trinajstić information content (AvgIpc) is 3.10. The van der Waals surface area contributed by atoms with Crippen molar-refractivity contribution in [1.82, 2.24) is 15.0 Å². The number of methoxy groups -OCH3 is 2. The van der Waals surface area contributed by atoms with Crippen molar-refractivity contribution >= 4 is 28.7 Å². The van der Waals surface area contributed by atoms with E-state index >= 15 is 0 Å². The van der Waals surface area contributed by atoms with Gasteiger partial charge in [-0.25, -0.2) is 14.0 Å². The van der Waals surface area contributed by atoms with E-state index in [1.54, 1.807) is 30.3 Å². The molecule has 0 bridgehead atoms. The zero-order valence-electron chi connectivity index (χ0n) is 14.5. The van der Waals surface area contributed by atoms with Gasteiger partial charge < -0.3 is 14.8 Å². The Labute approximate surface area is 153 Å². The maximum atomic E-state index is 13.1. The van der Waals surface area contributed by atoms with Gasteiger partial charge in [0.2, 0.25) is 0 Å². The first-order valence-corrected chi connectivity index (χ1v) is 7.78. The monoisotopic (exact) mass is 370 g/mol. The Morgan fingerprint density at radius 3 is 2.41 bits per heavy atom. The van der Waals surface area contributed by atoms with Crippen LogP contribution in [0.5, 0.6) is 0 Å². The third-order valence-corrected chi connectivity index (χ3v) is 3.59. The minimum absolute atomic E-state index is 0.0883. The van der Waals surface area contributed by atoms with E-state index in [0.29, 0.717) is 22.4 Å². The molecule has 0 aliphatic rings. The molecule has 3 rings (SSSR count). The van der Waals surface area contributed by atoms with Crippen LogP contribution in [-0.2, 0) is 19.1 Å². The number of nitrogens with zero attached hydrogens (tertiary/aromatic N) is 3. The fourth-order valence-corrected chi connectivity index (χ4v) is 2.27. The molecule has 9 heteroatoms. The van der Waals surface area contributed by atoms with Crippen molar-refractivity contribution in [3.63, 3.8) is 0 Å². The molecule has 8 nitrogen and oxygen atoms in total. The number of hydrogen-bond donors (Lipinski definition) is 1. The summed E-state index contributed by atoms with van der Waals surface area (Å²) in [6.07, 6.45) is 0.991. The van der Waals surface area contributed by atoms with Gasteiger partial charge in [0.1, 0.15) is 22.5 Å². The fourth-order valence-electron chi connectivity index (χ4n) is 2.27. The number of hydrogen-bond acceptors (Lipinski definition) is 7. The van der Waals surface area contributed by atoms with Crippen LogP contribution in [0.1, 0.15) is 0 Å². The lowest BCUT2D eigenvalue weighted by Crippen LogP contribution is -2.15. The Morgan fingerprint density at radius 2 is 1.74 bits per heavy atom. The predicted molar refractivity (Wildman–Crippen MR) is 94.6 cm³/mol. The first kappa shape index (κ1) is 18.1. The Hall–Kier alpha value is -3.75. The van der Waals surface area contributed by atoms with Crippen LogP contribution in [0.25, 0.3) is 16.7 Å². The van der Waals surface area contributed by atoms with Gasteiger partial charge in [0.15, 0.2) is 0 Å². The number of carbonyl (C=O) groups is 2. The largest absolute Gasteiger partial charge is 0.466 e. The molecular formula is C18H15FN4O4. The van der Waals surface area contributed by atoms with E-state index in [9.17, 15) is 14.0 Å². The number of halogens is 1. The molecule has 0 atom stereocenters. The summed E-state index contributed by atoms with van der Waals surface area (Å²) in [4.78, 5) is 24.6. The third-order valence-electron chi connectivity index (χ3n) is 3.59. The number of esters is 2. The van der Waals surface area contributed by atoms with Gasteiger partial charge in [-0.1, -0.05) is 0 Å². The Bertz CT molecular complexity index is 1030. The molecule has 27 heavy (non-hydrogen) atoms. The molecule has 1 N–H and O–H groups in total. The van der Waals surface area contributed by atoms with Crippen LogP contribution in [0.2, 0.25) is 0 Å². The standard InChI is InChI=1S/C18H15FN4O4/c1-26-17(24)10-16(18(25)27-2)20-12-5-8-14-15(9-12)22-23(21-14)13-6-3-11(19)4-7-13/h3-10,20H,1-2H3/b16-10+. The summed E-state index contributed by atoms with van der Waals surface area (Å²) in [5.41, 5.74) is 2.14. The van der Waals surface area contributed by atoms with E-state index in [-0.39, 0.29) is 11.5 Å². The highest BCUT2D eigenvalue weighted by Crippen LogP contribution is 2.19. The first-order chi connectivity index (χ1) is 13.0. The quantitative estimate of drug-likeness (QED) is 0.543. The van der Waals surface area contributed by atoms with Crippen molar-refractivity contribution in [3.8, 4) is 5.69 Å². The summed E-state index contributed by atoms with van der Waals surface area (Å²) in [7, 11) is 2.40. The van der Waals surface area contributed by atoms with Gasteiger partial charge >= 0.3 is 11.9 Å². The number of carbonyl (C=O) groups excluding carboxylic acids is 2. The third kappa shape index (κ3) is 4.09. The summed E-state index contributed by atoms with van der Waals surface area (Å²) < 4.78 is 22.2. The van der Waals surface area contributed by atoms with Gasteiger partial charge in [0.05, 0.1) is 26.0 Å². The van der Waals surface area contributed by atoms with Crippen LogP contribution in [0, 0.1) is 5.82 Å². The summed E-state index contributed by atoms with van der Waals surface area (Å²) in [5, 5.41) is 11.5. The van der Waals surface area contributed by atoms with Crippen LogP contribution >= 0.6 is 0 Å². The number of anilines is 1. The highest BCUT2D eigenvalue weighted by Gasteiger charge is 2.14. The summed E-state index contributed by atoms with van der Waals surface area (Å²) in [5.74, 6) is -1.78. The Balaban J connectivity index is 1.91. The van der Waals surface area contributed by atoms with Crippen molar-refractivity contribution in [2.75, 3.05) is 19.5 Å². The van der Waals surface area contributed by atoms with Gasteiger partial charge in [0, 0.05) is 5.69 Å². The lowest BCUT2D eigenvalue weighted by atomic mass is 10.2. The normalized spacial score (nSPS) is 11.3. The maximum absolute atomic E-state index is 13.1. The minimum Gasteiger partial charge on any atom is -0.466 e. The Morgan fingerprint density at radius 1 is 1.04 bits per heavy atom. The average molecular weight is 370 g/mol. The van der Waals surface area contributed by atoms with E-state index < -0.39 is 11.9 Å². The van der Waals surface area contributed by atoms with Crippen LogP contribution in [-0.4, -0.2) is 41.2 Å². The highest BCUT2D eigenvalue weighted by atomic mass is 19.1. The zero-order valence-corrected chi connectivity index (χ0v) is 14.5. The second kappa shape index (κ2) is 7.65. The molecule has 0 spiro atoms. The zero-order chi connectivity index (χ0) is 19.4. The molecule has 1 aromatic heterocycles. The van der Waals surface area contributed by atoms with Crippen LogP contribution in [0.3, 0.4) is 0 Å². The number of ether oxygens (including phenoxy) is 2. The van der Waals surface area contributed by atoms with E-state index in [0.717, 1.165) is 6.08 Å². The molecule has 1 heterocycles. The second-order valence-corrected chi connectivity index (χ2v) is 5.37. The van der Waals surface area contributed by atoms with Crippen LogP contribution in [0.4, 0.5) is 10.1 Å². The van der Waals surface area contributed by atoms with Crippen molar-refractivity contribution < 1.29 is 23.5 Å². The number of benzene rings is 2. The highest BCUT2D eigenvalue weighted by molar-refractivity contribution is 5.99. The van der Waals surface area contributed by atoms with E-state index in [2.05, 4.69) is 25.0 Å². The summed E-state index contributed by atoms with van der Waals surface area (Å²) >= 11 is 0. The van der Waals surface area contributed by atoms with Gasteiger partial charge in [-0.05, 0) is 42.5 Å². The van der Waals surface area contributed by atoms with Crippen molar-refractivity contribution in [1.29, 1.82) is 0 Å². The van der Waals surface area contributed by atoms with Crippen LogP contribution < -0.4 is 5.32 Å². The van der Waals surface area contributed by atoms with Crippen molar-refractivity contribution in [2.45, 2.75) is 0 Å². The smallest absolute Gasteiger partial charge is 0.354 e. The number of nitrogens with one attached hydrogen (secondary N) is 1. The summed E-state index contributed by atoms with van der Waals surface area (Å²) in [6.45, 7) is 0. The van der Waals surface area contributed by atoms with Gasteiger partial charge in [-0.3, -0.25) is 0 Å². The van der Waals surface area contributed by atoms with Crippen LogP contribution in [0.15, 0.2) is 54.2 Å². The van der Waals surface area contributed by atoms with Gasteiger partial charge in [-0.2, -0.15) is 4.80 Å². The molecule has 0 aliphatic carbocycles. The SMILES string of the molecule is COC(=O)/C=C(/Nc1ccc2nn(-c3ccc(F)cc3)nc2c1)C(=O)OC. The lowest BCUT2D eigenvalue weighted by Gasteiger charge is -2.08. The molecule has 0 radical (unpaired) electrons. The number of rotatable bonds is 5. The van der Waals surface area contributed by atoms with Gasteiger partial charge in [0.25, 0.3) is 0 Å². The molecule has 0 amide bonds. The molecule has 0 aliphatic heterocycles. The van der Waals surface area contributed by atoms with Crippen molar-refractivity contribution in [3.05, 3.63) is 60.1 Å². The van der Waals surface area contributed by atoms with Crippen molar-refractivity contribution in [2.24, 2.45) is 0 Å². The lowest BCUT2D eigenvalue weighted by molar-refractivity contribution is -0.138.